The van der Waals surface area contributed by atoms with E-state index < -0.39 is 4.92 Å². The number of unbranched alkanes of at least 4 members (excludes halogenated alkanes) is 1. The lowest BCUT2D eigenvalue weighted by Crippen LogP contribution is -2.02. The second kappa shape index (κ2) is 9.90. The van der Waals surface area contributed by atoms with E-state index in [9.17, 15) is 10.1 Å². The fourth-order valence-corrected chi connectivity index (χ4v) is 2.73. The van der Waals surface area contributed by atoms with E-state index in [1.165, 1.54) is 12.1 Å². The Morgan fingerprint density at radius 3 is 1.66 bits per heavy atom. The van der Waals surface area contributed by atoms with E-state index in [0.717, 1.165) is 29.7 Å². The molecule has 0 amide bonds. The van der Waals surface area contributed by atoms with Gasteiger partial charge in [-0.05, 0) is 60.4 Å². The van der Waals surface area contributed by atoms with Gasteiger partial charge in [0.25, 0.3) is 5.69 Å². The number of nitriles is 1. The van der Waals surface area contributed by atoms with Crippen LogP contribution in [0.4, 0.5) is 5.69 Å². The van der Waals surface area contributed by atoms with E-state index in [0.29, 0.717) is 24.5 Å². The molecule has 29 heavy (non-hydrogen) atoms. The molecule has 0 aliphatic carbocycles. The molecule has 3 aromatic carbocycles. The maximum absolute atomic E-state index is 10.6. The Labute approximate surface area is 169 Å². The largest absolute Gasteiger partial charge is 0.494 e. The Morgan fingerprint density at radius 2 is 1.21 bits per heavy atom. The summed E-state index contributed by atoms with van der Waals surface area (Å²) in [6.07, 6.45) is 1.66. The van der Waals surface area contributed by atoms with Crippen molar-refractivity contribution in [2.24, 2.45) is 0 Å². The summed E-state index contributed by atoms with van der Waals surface area (Å²) < 4.78 is 11.3. The van der Waals surface area contributed by atoms with Gasteiger partial charge >= 0.3 is 0 Å². The second-order valence-electron chi connectivity index (χ2n) is 6.37. The molecule has 0 bridgehead atoms. The van der Waals surface area contributed by atoms with Gasteiger partial charge in [-0.15, -0.1) is 0 Å². The molecule has 0 aliphatic rings. The fourth-order valence-electron chi connectivity index (χ4n) is 2.73. The summed E-state index contributed by atoms with van der Waals surface area (Å²) in [7, 11) is 0. The zero-order valence-electron chi connectivity index (χ0n) is 15.8. The smallest absolute Gasteiger partial charge is 0.269 e. The van der Waals surface area contributed by atoms with Crippen LogP contribution in [0.1, 0.15) is 18.4 Å². The molecule has 146 valence electrons. The summed E-state index contributed by atoms with van der Waals surface area (Å²) in [6.45, 7) is 1.11. The van der Waals surface area contributed by atoms with Crippen molar-refractivity contribution < 1.29 is 14.4 Å². The summed E-state index contributed by atoms with van der Waals surface area (Å²) in [4.78, 5) is 10.2. The molecule has 0 aliphatic heterocycles. The molecule has 0 unspecified atom stereocenters. The van der Waals surface area contributed by atoms with Crippen molar-refractivity contribution in [1.29, 1.82) is 5.26 Å². The number of non-ortho nitro benzene ring substituents is 1. The lowest BCUT2D eigenvalue weighted by Gasteiger charge is -2.08. The van der Waals surface area contributed by atoms with E-state index in [1.54, 1.807) is 24.3 Å². The molecule has 0 aromatic heterocycles. The fraction of sp³-hybridized carbons (Fsp3) is 0.174. The van der Waals surface area contributed by atoms with Crippen LogP contribution in [-0.4, -0.2) is 18.1 Å². The third-order valence-electron chi connectivity index (χ3n) is 4.33. The minimum absolute atomic E-state index is 0.0518. The van der Waals surface area contributed by atoms with Crippen molar-refractivity contribution in [3.05, 3.63) is 88.5 Å². The lowest BCUT2D eigenvalue weighted by molar-refractivity contribution is -0.384. The molecule has 3 rings (SSSR count). The van der Waals surface area contributed by atoms with Gasteiger partial charge < -0.3 is 9.47 Å². The molecule has 0 atom stereocenters. The van der Waals surface area contributed by atoms with E-state index in [1.807, 2.05) is 36.4 Å². The minimum Gasteiger partial charge on any atom is -0.494 e. The molecule has 0 N–H and O–H groups in total. The molecule has 6 heteroatoms. The molecule has 0 fully saturated rings. The lowest BCUT2D eigenvalue weighted by atomic mass is 10.0. The Hall–Kier alpha value is -3.85. The monoisotopic (exact) mass is 388 g/mol. The van der Waals surface area contributed by atoms with Crippen LogP contribution in [-0.2, 0) is 0 Å². The molecule has 0 spiro atoms. The number of rotatable bonds is 9. The average Bonchev–Trinajstić information content (AvgIpc) is 2.77. The molecule has 0 saturated carbocycles. The predicted molar refractivity (Wildman–Crippen MR) is 110 cm³/mol. The van der Waals surface area contributed by atoms with Crippen molar-refractivity contribution in [2.75, 3.05) is 13.2 Å². The minimum atomic E-state index is -0.433. The van der Waals surface area contributed by atoms with Crippen LogP contribution in [0.5, 0.6) is 11.5 Å². The van der Waals surface area contributed by atoms with Crippen molar-refractivity contribution in [1.82, 2.24) is 0 Å². The van der Waals surface area contributed by atoms with Crippen molar-refractivity contribution >= 4 is 5.69 Å². The van der Waals surface area contributed by atoms with E-state index in [4.69, 9.17) is 14.7 Å². The molecule has 3 aromatic rings. The van der Waals surface area contributed by atoms with E-state index in [-0.39, 0.29) is 5.69 Å². The standard InChI is InChI=1S/C23H20N2O4/c24-17-18-3-5-19(6-4-18)20-7-11-22(12-8-20)28-15-1-2-16-29-23-13-9-21(10-14-23)25(26)27/h3-14H,1-2,15-16H2. The van der Waals surface area contributed by atoms with Gasteiger partial charge in [0.1, 0.15) is 11.5 Å². The van der Waals surface area contributed by atoms with Crippen molar-refractivity contribution in [2.45, 2.75) is 12.8 Å². The highest BCUT2D eigenvalue weighted by atomic mass is 16.6. The van der Waals surface area contributed by atoms with Crippen LogP contribution in [0.15, 0.2) is 72.8 Å². The summed E-state index contributed by atoms with van der Waals surface area (Å²) >= 11 is 0. The van der Waals surface area contributed by atoms with Crippen LogP contribution >= 0.6 is 0 Å². The molecule has 0 radical (unpaired) electrons. The Kier molecular flexibility index (Phi) is 6.80. The maximum Gasteiger partial charge on any atom is 0.269 e. The number of hydrogen-bond donors (Lipinski definition) is 0. The normalized spacial score (nSPS) is 10.2. The zero-order chi connectivity index (χ0) is 20.5. The Morgan fingerprint density at radius 1 is 0.759 bits per heavy atom. The summed E-state index contributed by atoms with van der Waals surface area (Å²) in [5.41, 5.74) is 2.82. The van der Waals surface area contributed by atoms with Crippen molar-refractivity contribution in [3.63, 3.8) is 0 Å². The highest BCUT2D eigenvalue weighted by Crippen LogP contribution is 2.23. The van der Waals surface area contributed by atoms with Gasteiger partial charge in [0.15, 0.2) is 0 Å². The SMILES string of the molecule is N#Cc1ccc(-c2ccc(OCCCCOc3ccc([N+](=O)[O-])cc3)cc2)cc1. The van der Waals surface area contributed by atoms with Crippen LogP contribution in [0.3, 0.4) is 0 Å². The summed E-state index contributed by atoms with van der Waals surface area (Å²) in [5, 5.41) is 19.5. The van der Waals surface area contributed by atoms with Crippen LogP contribution in [0, 0.1) is 21.4 Å². The summed E-state index contributed by atoms with van der Waals surface area (Å²) in [5.74, 6) is 1.42. The first kappa shape index (κ1) is 19.9. The first-order chi connectivity index (χ1) is 14.2. The molecular weight excluding hydrogens is 368 g/mol. The second-order valence-corrected chi connectivity index (χ2v) is 6.37. The van der Waals surface area contributed by atoms with Gasteiger partial charge in [-0.25, -0.2) is 0 Å². The number of nitro groups is 1. The first-order valence-corrected chi connectivity index (χ1v) is 9.26. The highest BCUT2D eigenvalue weighted by Gasteiger charge is 2.04. The quantitative estimate of drug-likeness (QED) is 0.279. The molecule has 0 saturated heterocycles. The van der Waals surface area contributed by atoms with Gasteiger partial charge in [-0.2, -0.15) is 5.26 Å². The predicted octanol–water partition coefficient (Wildman–Crippen LogP) is 5.37. The molecular formula is C23H20N2O4. The third kappa shape index (κ3) is 5.81. The average molecular weight is 388 g/mol. The zero-order valence-corrected chi connectivity index (χ0v) is 15.8. The van der Waals surface area contributed by atoms with Crippen LogP contribution < -0.4 is 9.47 Å². The topological polar surface area (TPSA) is 85.4 Å². The maximum atomic E-state index is 10.6. The van der Waals surface area contributed by atoms with E-state index in [2.05, 4.69) is 6.07 Å². The Bertz CT molecular complexity index is 975. The van der Waals surface area contributed by atoms with Gasteiger partial charge in [0.05, 0.1) is 29.8 Å². The van der Waals surface area contributed by atoms with Gasteiger partial charge in [0, 0.05) is 12.1 Å². The van der Waals surface area contributed by atoms with Crippen molar-refractivity contribution in [3.8, 4) is 28.7 Å². The van der Waals surface area contributed by atoms with Crippen LogP contribution in [0.2, 0.25) is 0 Å². The number of nitrogens with zero attached hydrogens (tertiary/aromatic N) is 2. The third-order valence-corrected chi connectivity index (χ3v) is 4.33. The van der Waals surface area contributed by atoms with Crippen LogP contribution in [0.25, 0.3) is 11.1 Å². The first-order valence-electron chi connectivity index (χ1n) is 9.26. The van der Waals surface area contributed by atoms with Gasteiger partial charge in [-0.3, -0.25) is 10.1 Å². The molecule has 6 nitrogen and oxygen atoms in total. The van der Waals surface area contributed by atoms with Gasteiger partial charge in [0.2, 0.25) is 0 Å². The number of hydrogen-bond acceptors (Lipinski definition) is 5. The summed E-state index contributed by atoms with van der Waals surface area (Å²) in [6, 6.07) is 23.5. The van der Waals surface area contributed by atoms with E-state index >= 15 is 0 Å². The number of nitro benzene ring substituents is 1. The Balaban J connectivity index is 1.37. The highest BCUT2D eigenvalue weighted by molar-refractivity contribution is 5.64. The number of benzene rings is 3. The number of ether oxygens (including phenoxy) is 2. The molecule has 0 heterocycles. The van der Waals surface area contributed by atoms with Gasteiger partial charge in [-0.1, -0.05) is 24.3 Å².